The average molecular weight is 234 g/mol. The first kappa shape index (κ1) is 13.6. The van der Waals surface area contributed by atoms with Crippen LogP contribution in [0.2, 0.25) is 0 Å². The van der Waals surface area contributed by atoms with Crippen molar-refractivity contribution in [1.82, 2.24) is 0 Å². The van der Waals surface area contributed by atoms with Crippen LogP contribution in [0.5, 0.6) is 5.75 Å². The van der Waals surface area contributed by atoms with Gasteiger partial charge in [-0.15, -0.1) is 0 Å². The number of hydrogen-bond acceptors (Lipinski definition) is 3. The van der Waals surface area contributed by atoms with E-state index in [4.69, 9.17) is 4.74 Å². The molecule has 0 atom stereocenters. The van der Waals surface area contributed by atoms with E-state index in [2.05, 4.69) is 30.7 Å². The molecule has 0 heterocycles. The minimum absolute atomic E-state index is 0.0521. The molecule has 1 aromatic carbocycles. The zero-order chi connectivity index (χ0) is 13.1. The van der Waals surface area contributed by atoms with Gasteiger partial charge in [0.2, 0.25) is 0 Å². The fourth-order valence-corrected chi connectivity index (χ4v) is 1.41. The maximum atomic E-state index is 5.23. The summed E-state index contributed by atoms with van der Waals surface area (Å²) in [7, 11) is 5.71. The topological polar surface area (TPSA) is 24.8 Å². The molecule has 0 unspecified atom stereocenters. The Bertz CT molecular complexity index is 403. The van der Waals surface area contributed by atoms with Crippen molar-refractivity contribution in [3.05, 3.63) is 23.8 Å². The Balaban J connectivity index is 3.11. The highest BCUT2D eigenvalue weighted by Crippen LogP contribution is 2.23. The molecule has 3 heteroatoms. The predicted molar refractivity (Wildman–Crippen MR) is 74.7 cm³/mol. The lowest BCUT2D eigenvalue weighted by Gasteiger charge is -2.17. The monoisotopic (exact) mass is 234 g/mol. The number of aliphatic imine (C=N–C) groups is 1. The van der Waals surface area contributed by atoms with Crippen LogP contribution in [-0.4, -0.2) is 33.0 Å². The van der Waals surface area contributed by atoms with Gasteiger partial charge in [-0.1, -0.05) is 0 Å². The summed E-state index contributed by atoms with van der Waals surface area (Å²) in [5.74, 6) is 0.863. The number of rotatable bonds is 3. The first-order valence-electron chi connectivity index (χ1n) is 5.74. The van der Waals surface area contributed by atoms with Gasteiger partial charge in [-0.05, 0) is 32.9 Å². The minimum atomic E-state index is -0.0521. The highest BCUT2D eigenvalue weighted by atomic mass is 16.5. The van der Waals surface area contributed by atoms with Crippen molar-refractivity contribution in [1.29, 1.82) is 0 Å². The second kappa shape index (κ2) is 5.21. The summed E-state index contributed by atoms with van der Waals surface area (Å²) in [6.07, 6.45) is 1.93. The zero-order valence-electron chi connectivity index (χ0n) is 11.6. The van der Waals surface area contributed by atoms with Gasteiger partial charge in [0.25, 0.3) is 0 Å². The largest absolute Gasteiger partial charge is 0.497 e. The predicted octanol–water partition coefficient (Wildman–Crippen LogP) is 2.98. The normalized spacial score (nSPS) is 11.9. The summed E-state index contributed by atoms with van der Waals surface area (Å²) in [6, 6.07) is 6.00. The molecule has 0 radical (unpaired) electrons. The number of benzene rings is 1. The van der Waals surface area contributed by atoms with E-state index in [-0.39, 0.29) is 5.54 Å². The molecule has 0 amide bonds. The summed E-state index contributed by atoms with van der Waals surface area (Å²) in [5.41, 5.74) is 2.16. The molecule has 0 bridgehead atoms. The molecule has 0 fully saturated rings. The molecule has 17 heavy (non-hydrogen) atoms. The molecule has 0 saturated heterocycles. The third-order valence-electron chi connectivity index (χ3n) is 2.31. The van der Waals surface area contributed by atoms with Crippen molar-refractivity contribution in [3.63, 3.8) is 0 Å². The zero-order valence-corrected chi connectivity index (χ0v) is 11.6. The van der Waals surface area contributed by atoms with Crippen LogP contribution in [0, 0.1) is 0 Å². The van der Waals surface area contributed by atoms with Crippen LogP contribution < -0.4 is 9.64 Å². The minimum Gasteiger partial charge on any atom is -0.497 e. The van der Waals surface area contributed by atoms with Crippen LogP contribution in [-0.2, 0) is 0 Å². The molecule has 1 rings (SSSR count). The van der Waals surface area contributed by atoms with Gasteiger partial charge in [-0.3, -0.25) is 4.99 Å². The Labute approximate surface area is 104 Å². The first-order valence-corrected chi connectivity index (χ1v) is 5.74. The molecule has 0 aliphatic carbocycles. The van der Waals surface area contributed by atoms with Crippen molar-refractivity contribution in [2.45, 2.75) is 26.3 Å². The van der Waals surface area contributed by atoms with Gasteiger partial charge in [0.05, 0.1) is 12.6 Å². The Hall–Kier alpha value is -1.51. The van der Waals surface area contributed by atoms with Gasteiger partial charge in [-0.25, -0.2) is 0 Å². The number of ether oxygens (including phenoxy) is 1. The third-order valence-corrected chi connectivity index (χ3v) is 2.31. The van der Waals surface area contributed by atoms with Gasteiger partial charge >= 0.3 is 0 Å². The van der Waals surface area contributed by atoms with E-state index >= 15 is 0 Å². The van der Waals surface area contributed by atoms with Crippen molar-refractivity contribution >= 4 is 11.9 Å². The van der Waals surface area contributed by atoms with Crippen molar-refractivity contribution in [2.24, 2.45) is 4.99 Å². The molecule has 0 spiro atoms. The van der Waals surface area contributed by atoms with Gasteiger partial charge in [0, 0.05) is 37.6 Å². The maximum absolute atomic E-state index is 5.23. The van der Waals surface area contributed by atoms with Crippen molar-refractivity contribution in [2.75, 3.05) is 26.1 Å². The Morgan fingerprint density at radius 2 is 1.88 bits per heavy atom. The van der Waals surface area contributed by atoms with Crippen molar-refractivity contribution < 1.29 is 4.74 Å². The molecule has 1 aromatic rings. The lowest BCUT2D eigenvalue weighted by Crippen LogP contribution is -2.13. The molecule has 0 aliphatic rings. The average Bonchev–Trinajstić information content (AvgIpc) is 2.25. The molecule has 3 nitrogen and oxygen atoms in total. The van der Waals surface area contributed by atoms with Crippen LogP contribution in [0.4, 0.5) is 5.69 Å². The van der Waals surface area contributed by atoms with E-state index in [1.807, 2.05) is 38.5 Å². The third kappa shape index (κ3) is 4.10. The van der Waals surface area contributed by atoms with Gasteiger partial charge < -0.3 is 9.64 Å². The van der Waals surface area contributed by atoms with Crippen LogP contribution in [0.3, 0.4) is 0 Å². The Morgan fingerprint density at radius 3 is 2.35 bits per heavy atom. The van der Waals surface area contributed by atoms with Gasteiger partial charge in [0.15, 0.2) is 0 Å². The van der Waals surface area contributed by atoms with Crippen LogP contribution in [0.15, 0.2) is 23.2 Å². The molecule has 0 aliphatic heterocycles. The smallest absolute Gasteiger partial charge is 0.120 e. The number of anilines is 1. The maximum Gasteiger partial charge on any atom is 0.120 e. The van der Waals surface area contributed by atoms with E-state index in [1.165, 1.54) is 0 Å². The molecule has 0 N–H and O–H groups in total. The lowest BCUT2D eigenvalue weighted by molar-refractivity contribution is 0.415. The molecule has 0 saturated carbocycles. The Kier molecular flexibility index (Phi) is 4.16. The standard InChI is InChI=1S/C14H22N2O/c1-14(2,3)15-10-11-7-8-12(17-6)9-13(11)16(4)5/h7-10H,1-6H3. The molecule has 94 valence electrons. The van der Waals surface area contributed by atoms with Crippen LogP contribution in [0.1, 0.15) is 26.3 Å². The summed E-state index contributed by atoms with van der Waals surface area (Å²) in [4.78, 5) is 6.59. The van der Waals surface area contributed by atoms with E-state index in [0.29, 0.717) is 0 Å². The first-order chi connectivity index (χ1) is 7.83. The number of methoxy groups -OCH3 is 1. The molecular weight excluding hydrogens is 212 g/mol. The highest BCUT2D eigenvalue weighted by molar-refractivity contribution is 5.88. The van der Waals surface area contributed by atoms with Gasteiger partial charge in [0.1, 0.15) is 5.75 Å². The Morgan fingerprint density at radius 1 is 1.24 bits per heavy atom. The molecular formula is C14H22N2O. The summed E-state index contributed by atoms with van der Waals surface area (Å²) < 4.78 is 5.23. The van der Waals surface area contributed by atoms with Gasteiger partial charge in [-0.2, -0.15) is 0 Å². The number of nitrogens with zero attached hydrogens (tertiary/aromatic N) is 2. The lowest BCUT2D eigenvalue weighted by atomic mass is 10.1. The fraction of sp³-hybridized carbons (Fsp3) is 0.500. The van der Waals surface area contributed by atoms with Crippen molar-refractivity contribution in [3.8, 4) is 5.75 Å². The van der Waals surface area contributed by atoms with E-state index < -0.39 is 0 Å². The van der Waals surface area contributed by atoms with Crippen LogP contribution in [0.25, 0.3) is 0 Å². The van der Waals surface area contributed by atoms with E-state index in [0.717, 1.165) is 17.0 Å². The summed E-state index contributed by atoms with van der Waals surface area (Å²) in [5, 5.41) is 0. The molecule has 0 aromatic heterocycles. The summed E-state index contributed by atoms with van der Waals surface area (Å²) in [6.45, 7) is 6.26. The quantitative estimate of drug-likeness (QED) is 0.751. The summed E-state index contributed by atoms with van der Waals surface area (Å²) >= 11 is 0. The van der Waals surface area contributed by atoms with E-state index in [9.17, 15) is 0 Å². The number of hydrogen-bond donors (Lipinski definition) is 0. The van der Waals surface area contributed by atoms with E-state index in [1.54, 1.807) is 7.11 Å². The highest BCUT2D eigenvalue weighted by Gasteiger charge is 2.08. The second-order valence-electron chi connectivity index (χ2n) is 5.25. The fourth-order valence-electron chi connectivity index (χ4n) is 1.41. The van der Waals surface area contributed by atoms with Crippen LogP contribution >= 0.6 is 0 Å². The second-order valence-corrected chi connectivity index (χ2v) is 5.25. The SMILES string of the molecule is COc1ccc(C=NC(C)(C)C)c(N(C)C)c1.